The molecule has 6 rings (SSSR count). The van der Waals surface area contributed by atoms with E-state index in [1.165, 1.54) is 0 Å². The quantitative estimate of drug-likeness (QED) is 0.388. The van der Waals surface area contributed by atoms with E-state index in [4.69, 9.17) is 23.7 Å². The van der Waals surface area contributed by atoms with Gasteiger partial charge in [-0.1, -0.05) is 19.1 Å². The Kier molecular flexibility index (Phi) is 3.85. The molecule has 0 aliphatic carbocycles. The Balaban J connectivity index is 1.42. The zero-order valence-corrected chi connectivity index (χ0v) is 18.0. The van der Waals surface area contributed by atoms with Crippen LogP contribution in [-0.4, -0.2) is 61.7 Å². The van der Waals surface area contributed by atoms with Gasteiger partial charge in [0, 0.05) is 32.2 Å². The van der Waals surface area contributed by atoms with Gasteiger partial charge in [-0.05, 0) is 26.2 Å². The Labute approximate surface area is 176 Å². The molecule has 0 aromatic rings. The number of hydrogen-bond donors (Lipinski definition) is 0. The molecule has 30 heavy (non-hydrogen) atoms. The minimum Gasteiger partial charge on any atom is -0.492 e. The van der Waals surface area contributed by atoms with Crippen LogP contribution in [0.15, 0.2) is 35.0 Å². The second-order valence-corrected chi connectivity index (χ2v) is 9.39. The molecule has 6 unspecified atom stereocenters. The summed E-state index contributed by atoms with van der Waals surface area (Å²) in [6, 6.07) is 0.413. The molecule has 6 aliphatic rings. The Hall–Kier alpha value is -1.83. The number of ether oxygens (including phenoxy) is 5. The number of carbonyl (C=O) groups is 1. The maximum absolute atomic E-state index is 12.2. The van der Waals surface area contributed by atoms with Gasteiger partial charge in [-0.2, -0.15) is 0 Å². The topological polar surface area (TPSA) is 66.5 Å². The van der Waals surface area contributed by atoms with Gasteiger partial charge in [-0.3, -0.25) is 4.90 Å². The van der Waals surface area contributed by atoms with Crippen molar-refractivity contribution >= 4 is 5.97 Å². The van der Waals surface area contributed by atoms with Gasteiger partial charge in [0.25, 0.3) is 0 Å². The maximum atomic E-state index is 12.2. The molecular formula is C23H29NO6. The first-order chi connectivity index (χ1) is 14.5. The van der Waals surface area contributed by atoms with Crippen molar-refractivity contribution in [1.82, 2.24) is 4.90 Å². The fourth-order valence-electron chi connectivity index (χ4n) is 7.37. The number of rotatable bonds is 5. The van der Waals surface area contributed by atoms with Crippen molar-refractivity contribution in [1.29, 1.82) is 0 Å². The van der Waals surface area contributed by atoms with Crippen molar-refractivity contribution in [3.05, 3.63) is 35.0 Å². The van der Waals surface area contributed by atoms with E-state index >= 15 is 0 Å². The normalized spacial score (nSPS) is 50.1. The lowest BCUT2D eigenvalue weighted by Gasteiger charge is -2.47. The number of hydrogen-bond acceptors (Lipinski definition) is 7. The number of piperidine rings is 1. The smallest absolute Gasteiger partial charge is 0.343 e. The lowest BCUT2D eigenvalue weighted by molar-refractivity contribution is -0.255. The van der Waals surface area contributed by atoms with Crippen LogP contribution in [0.25, 0.3) is 0 Å². The van der Waals surface area contributed by atoms with Crippen LogP contribution in [0.3, 0.4) is 0 Å². The molecule has 0 amide bonds. The summed E-state index contributed by atoms with van der Waals surface area (Å²) in [5, 5.41) is 0. The van der Waals surface area contributed by atoms with E-state index in [0.717, 1.165) is 32.4 Å². The molecule has 5 fully saturated rings. The minimum absolute atomic E-state index is 0.0864. The first-order valence-corrected chi connectivity index (χ1v) is 11.0. The zero-order valence-electron chi connectivity index (χ0n) is 18.0. The van der Waals surface area contributed by atoms with Gasteiger partial charge >= 0.3 is 5.97 Å². The van der Waals surface area contributed by atoms with Crippen molar-refractivity contribution in [2.24, 2.45) is 17.8 Å². The fraction of sp³-hybridized carbons (Fsp3) is 0.696. The van der Waals surface area contributed by atoms with Gasteiger partial charge < -0.3 is 23.7 Å². The summed E-state index contributed by atoms with van der Waals surface area (Å²) in [6.07, 6.45) is 7.75. The van der Waals surface area contributed by atoms with Gasteiger partial charge in [0.05, 0.1) is 36.2 Å². The van der Waals surface area contributed by atoms with E-state index in [9.17, 15) is 4.79 Å². The summed E-state index contributed by atoms with van der Waals surface area (Å²) in [6.45, 7) is 5.71. The molecule has 6 aliphatic heterocycles. The first kappa shape index (κ1) is 18.9. The van der Waals surface area contributed by atoms with Gasteiger partial charge in [0.2, 0.25) is 11.5 Å². The van der Waals surface area contributed by atoms with Crippen molar-refractivity contribution in [2.75, 3.05) is 27.4 Å². The highest BCUT2D eigenvalue weighted by molar-refractivity contribution is 5.93. The number of fused-ring (bicyclic) bond motifs is 1. The second-order valence-electron chi connectivity index (χ2n) is 9.39. The first-order valence-electron chi connectivity index (χ1n) is 11.0. The van der Waals surface area contributed by atoms with Gasteiger partial charge in [0.15, 0.2) is 5.76 Å². The largest absolute Gasteiger partial charge is 0.492 e. The van der Waals surface area contributed by atoms with Crippen LogP contribution in [0.4, 0.5) is 0 Å². The Morgan fingerprint density at radius 3 is 2.93 bits per heavy atom. The monoisotopic (exact) mass is 415 g/mol. The van der Waals surface area contributed by atoms with Gasteiger partial charge in [-0.15, -0.1) is 0 Å². The summed E-state index contributed by atoms with van der Waals surface area (Å²) in [5.41, 5.74) is 0.400. The third-order valence-electron chi connectivity index (χ3n) is 8.35. The lowest BCUT2D eigenvalue weighted by Crippen LogP contribution is -2.60. The zero-order chi connectivity index (χ0) is 20.8. The van der Waals surface area contributed by atoms with Crippen molar-refractivity contribution in [3.63, 3.8) is 0 Å². The number of allylic oxidation sites excluding steroid dienone is 1. The summed E-state index contributed by atoms with van der Waals surface area (Å²) in [5.74, 6) is 1.21. The third kappa shape index (κ3) is 1.95. The number of carbonyl (C=O) groups excluding carboxylic acids is 1. The standard InChI is InChI=1S/C23H29NO6/c1-12-17-14-11-16-22(8-5-6-10-26-3)15(7-9-24(14)22)23(17,29-16)30-19(12)20-18(27-4)13(2)21(25)28-20/h5,8,12,14-17H,6-7,9-11H2,1-4H3/b8-5+,20-19-/t12-,14?,15?,16?,17?,22?,23-/m1/s1. The highest BCUT2D eigenvalue weighted by Gasteiger charge is 2.83. The molecule has 0 radical (unpaired) electrons. The summed E-state index contributed by atoms with van der Waals surface area (Å²) < 4.78 is 29.8. The molecule has 1 spiro atoms. The van der Waals surface area contributed by atoms with Crippen LogP contribution < -0.4 is 0 Å². The summed E-state index contributed by atoms with van der Waals surface area (Å²) >= 11 is 0. The molecular weight excluding hydrogens is 386 g/mol. The summed E-state index contributed by atoms with van der Waals surface area (Å²) in [7, 11) is 3.30. The second kappa shape index (κ2) is 6.11. The molecule has 0 aromatic heterocycles. The molecule has 7 nitrogen and oxygen atoms in total. The Morgan fingerprint density at radius 1 is 1.33 bits per heavy atom. The van der Waals surface area contributed by atoms with Crippen LogP contribution >= 0.6 is 0 Å². The molecule has 5 bridgehead atoms. The van der Waals surface area contributed by atoms with Gasteiger partial charge in [0.1, 0.15) is 5.76 Å². The Bertz CT molecular complexity index is 907. The van der Waals surface area contributed by atoms with E-state index < -0.39 is 5.79 Å². The van der Waals surface area contributed by atoms with Gasteiger partial charge in [-0.25, -0.2) is 4.79 Å². The third-order valence-corrected chi connectivity index (χ3v) is 8.35. The van der Waals surface area contributed by atoms with E-state index in [0.29, 0.717) is 28.9 Å². The fourth-order valence-corrected chi connectivity index (χ4v) is 7.37. The SMILES string of the molecule is COCC/C=C/C12C3CC4C5[C@@H](C)/C(=C6/OC(=O)C(C)=C6OC)O[C@]5(O3)C1CCN42. The van der Waals surface area contributed by atoms with Crippen LogP contribution in [-0.2, 0) is 28.5 Å². The number of nitrogens with zero attached hydrogens (tertiary/aromatic N) is 1. The van der Waals surface area contributed by atoms with E-state index in [1.807, 2.05) is 0 Å². The Morgan fingerprint density at radius 2 is 2.17 bits per heavy atom. The average molecular weight is 415 g/mol. The molecule has 6 heterocycles. The number of esters is 1. The highest BCUT2D eigenvalue weighted by atomic mass is 16.7. The molecule has 0 N–H and O–H groups in total. The maximum Gasteiger partial charge on any atom is 0.343 e. The highest BCUT2D eigenvalue weighted by Crippen LogP contribution is 2.72. The van der Waals surface area contributed by atoms with E-state index in [2.05, 4.69) is 24.0 Å². The number of methoxy groups -OCH3 is 2. The predicted molar refractivity (Wildman–Crippen MR) is 106 cm³/mol. The van der Waals surface area contributed by atoms with Crippen molar-refractivity contribution in [3.8, 4) is 0 Å². The molecule has 8 atom stereocenters. The lowest BCUT2D eigenvalue weighted by atomic mass is 9.71. The van der Waals surface area contributed by atoms with Crippen molar-refractivity contribution in [2.45, 2.75) is 56.6 Å². The predicted octanol–water partition coefficient (Wildman–Crippen LogP) is 2.49. The van der Waals surface area contributed by atoms with Crippen LogP contribution in [0.2, 0.25) is 0 Å². The van der Waals surface area contributed by atoms with Crippen LogP contribution in [0.5, 0.6) is 0 Å². The molecule has 0 aromatic carbocycles. The molecule has 5 saturated heterocycles. The average Bonchev–Trinajstić information content (AvgIpc) is 3.43. The van der Waals surface area contributed by atoms with Crippen LogP contribution in [0, 0.1) is 17.8 Å². The number of cyclic esters (lactones) is 1. The van der Waals surface area contributed by atoms with E-state index in [1.54, 1.807) is 21.1 Å². The molecule has 7 heteroatoms. The molecule has 0 saturated carbocycles. The van der Waals surface area contributed by atoms with Crippen LogP contribution in [0.1, 0.15) is 33.1 Å². The summed E-state index contributed by atoms with van der Waals surface area (Å²) in [4.78, 5) is 14.9. The van der Waals surface area contributed by atoms with Crippen molar-refractivity contribution < 1.29 is 28.5 Å². The molecule has 162 valence electrons. The minimum atomic E-state index is -0.643. The van der Waals surface area contributed by atoms with E-state index in [-0.39, 0.29) is 35.4 Å².